The largest absolute Gasteiger partial charge is 0.481 e. The van der Waals surface area contributed by atoms with E-state index in [-0.39, 0.29) is 11.9 Å². The second kappa shape index (κ2) is 7.99. The number of carboxylic acids is 1. The third-order valence-corrected chi connectivity index (χ3v) is 4.53. The van der Waals surface area contributed by atoms with E-state index in [1.54, 1.807) is 4.90 Å². The van der Waals surface area contributed by atoms with E-state index in [1.807, 2.05) is 6.07 Å². The summed E-state index contributed by atoms with van der Waals surface area (Å²) in [5.41, 5.74) is 0.932. The number of carbonyl (C=O) groups is 2. The van der Waals surface area contributed by atoms with Crippen molar-refractivity contribution in [3.63, 3.8) is 0 Å². The maximum atomic E-state index is 12.1. The molecule has 1 aromatic heterocycles. The van der Waals surface area contributed by atoms with Gasteiger partial charge in [0.1, 0.15) is 0 Å². The van der Waals surface area contributed by atoms with Gasteiger partial charge in [-0.05, 0) is 25.7 Å². The molecule has 7 nitrogen and oxygen atoms in total. The van der Waals surface area contributed by atoms with Gasteiger partial charge < -0.3 is 19.8 Å². The number of piperidine rings is 1. The quantitative estimate of drug-likeness (QED) is 0.839. The molecule has 0 bridgehead atoms. The van der Waals surface area contributed by atoms with E-state index in [9.17, 15) is 9.59 Å². The lowest BCUT2D eigenvalue weighted by Crippen LogP contribution is -2.45. The van der Waals surface area contributed by atoms with Gasteiger partial charge in [-0.3, -0.25) is 4.79 Å². The van der Waals surface area contributed by atoms with Crippen LogP contribution in [0.15, 0.2) is 10.6 Å². The Hall–Kier alpha value is -2.05. The van der Waals surface area contributed by atoms with Gasteiger partial charge in [0.25, 0.3) is 0 Å². The lowest BCUT2D eigenvalue weighted by Gasteiger charge is -2.29. The average molecular weight is 323 g/mol. The highest BCUT2D eigenvalue weighted by molar-refractivity contribution is 5.75. The maximum Gasteiger partial charge on any atom is 0.317 e. The molecule has 0 radical (unpaired) electrons. The van der Waals surface area contributed by atoms with Crippen LogP contribution in [0, 0.1) is 5.92 Å². The van der Waals surface area contributed by atoms with Crippen LogP contribution in [0.2, 0.25) is 0 Å². The highest BCUT2D eigenvalue weighted by atomic mass is 16.5. The highest BCUT2D eigenvalue weighted by Gasteiger charge is 2.27. The summed E-state index contributed by atoms with van der Waals surface area (Å²) in [7, 11) is 0. The Labute approximate surface area is 136 Å². The normalized spacial score (nSPS) is 15.9. The number of nitrogens with zero attached hydrogens (tertiary/aromatic N) is 2. The number of urea groups is 1. The molecule has 1 fully saturated rings. The average Bonchev–Trinajstić information content (AvgIpc) is 3.02. The van der Waals surface area contributed by atoms with E-state index in [2.05, 4.69) is 24.3 Å². The van der Waals surface area contributed by atoms with Crippen LogP contribution in [0.3, 0.4) is 0 Å². The molecule has 0 atom stereocenters. The molecular weight excluding hydrogens is 298 g/mol. The standard InChI is InChI=1S/C16H25N3O4/c1-3-11(4-2)14-9-13(23-18-14)10-17-16(22)19-7-5-12(6-8-19)15(20)21/h9,11-12H,3-8,10H2,1-2H3,(H,17,22)(H,20,21). The first-order valence-corrected chi connectivity index (χ1v) is 8.26. The van der Waals surface area contributed by atoms with Gasteiger partial charge in [-0.2, -0.15) is 0 Å². The summed E-state index contributed by atoms with van der Waals surface area (Å²) in [6, 6.07) is 1.71. The van der Waals surface area contributed by atoms with Crippen LogP contribution in [-0.4, -0.2) is 40.3 Å². The van der Waals surface area contributed by atoms with Gasteiger partial charge in [-0.25, -0.2) is 4.79 Å². The van der Waals surface area contributed by atoms with Gasteiger partial charge in [0.2, 0.25) is 0 Å². The SMILES string of the molecule is CCC(CC)c1cc(CNC(=O)N2CCC(C(=O)O)CC2)on1. The predicted octanol–water partition coefficient (Wildman–Crippen LogP) is 2.58. The molecule has 7 heteroatoms. The fraction of sp³-hybridized carbons (Fsp3) is 0.688. The Bertz CT molecular complexity index is 531. The Balaban J connectivity index is 1.80. The molecule has 2 N–H and O–H groups in total. The minimum Gasteiger partial charge on any atom is -0.481 e. The van der Waals surface area contributed by atoms with Crippen molar-refractivity contribution in [1.82, 2.24) is 15.4 Å². The van der Waals surface area contributed by atoms with Crippen molar-refractivity contribution in [2.45, 2.75) is 52.0 Å². The molecule has 2 amide bonds. The number of carbonyl (C=O) groups excluding carboxylic acids is 1. The highest BCUT2D eigenvalue weighted by Crippen LogP contribution is 2.22. The predicted molar refractivity (Wildman–Crippen MR) is 84.0 cm³/mol. The first-order chi connectivity index (χ1) is 11.0. The summed E-state index contributed by atoms with van der Waals surface area (Å²) in [5, 5.41) is 15.8. The first kappa shape index (κ1) is 17.3. The second-order valence-electron chi connectivity index (χ2n) is 5.99. The summed E-state index contributed by atoms with van der Waals surface area (Å²) in [5.74, 6) is -0.0875. The number of nitrogens with one attached hydrogen (secondary N) is 1. The summed E-state index contributed by atoms with van der Waals surface area (Å²) in [4.78, 5) is 24.7. The molecule has 23 heavy (non-hydrogen) atoms. The first-order valence-electron chi connectivity index (χ1n) is 8.26. The van der Waals surface area contributed by atoms with Crippen molar-refractivity contribution in [3.05, 3.63) is 17.5 Å². The van der Waals surface area contributed by atoms with Crippen LogP contribution in [0.1, 0.15) is 56.9 Å². The Morgan fingerprint density at radius 1 is 1.39 bits per heavy atom. The molecule has 1 saturated heterocycles. The number of rotatable bonds is 6. The zero-order valence-corrected chi connectivity index (χ0v) is 13.7. The lowest BCUT2D eigenvalue weighted by atomic mass is 9.97. The molecule has 0 saturated carbocycles. The van der Waals surface area contributed by atoms with Gasteiger partial charge in [-0.15, -0.1) is 0 Å². The van der Waals surface area contributed by atoms with E-state index >= 15 is 0 Å². The third kappa shape index (κ3) is 4.46. The van der Waals surface area contributed by atoms with E-state index in [0.29, 0.717) is 44.2 Å². The molecule has 0 unspecified atom stereocenters. The van der Waals surface area contributed by atoms with Crippen molar-refractivity contribution < 1.29 is 19.2 Å². The van der Waals surface area contributed by atoms with Gasteiger partial charge in [0, 0.05) is 25.1 Å². The fourth-order valence-corrected chi connectivity index (χ4v) is 2.92. The van der Waals surface area contributed by atoms with E-state index in [1.165, 1.54) is 0 Å². The molecule has 128 valence electrons. The molecule has 2 heterocycles. The van der Waals surface area contributed by atoms with Crippen LogP contribution in [-0.2, 0) is 11.3 Å². The number of hydrogen-bond donors (Lipinski definition) is 2. The molecule has 1 aliphatic rings. The zero-order valence-electron chi connectivity index (χ0n) is 13.7. The number of amides is 2. The fourth-order valence-electron chi connectivity index (χ4n) is 2.92. The minimum atomic E-state index is -0.777. The summed E-state index contributed by atoms with van der Waals surface area (Å²) in [6.07, 6.45) is 3.02. The molecule has 0 aromatic carbocycles. The van der Waals surface area contributed by atoms with Gasteiger partial charge in [0.05, 0.1) is 18.2 Å². The van der Waals surface area contributed by atoms with E-state index in [0.717, 1.165) is 18.5 Å². The van der Waals surface area contributed by atoms with Crippen LogP contribution in [0.5, 0.6) is 0 Å². The van der Waals surface area contributed by atoms with Gasteiger partial charge >= 0.3 is 12.0 Å². The monoisotopic (exact) mass is 323 g/mol. The van der Waals surface area contributed by atoms with Crippen LogP contribution >= 0.6 is 0 Å². The van der Waals surface area contributed by atoms with Crippen LogP contribution in [0.4, 0.5) is 4.79 Å². The molecule has 2 rings (SSSR count). The Kier molecular flexibility index (Phi) is 6.01. The summed E-state index contributed by atoms with van der Waals surface area (Å²) in [6.45, 7) is 5.47. The zero-order chi connectivity index (χ0) is 16.8. The van der Waals surface area contributed by atoms with Crippen molar-refractivity contribution in [3.8, 4) is 0 Å². The molecule has 1 aromatic rings. The van der Waals surface area contributed by atoms with Crippen LogP contribution < -0.4 is 5.32 Å². The maximum absolute atomic E-state index is 12.1. The van der Waals surface area contributed by atoms with E-state index in [4.69, 9.17) is 9.63 Å². The number of aromatic nitrogens is 1. The number of hydrogen-bond acceptors (Lipinski definition) is 4. The van der Waals surface area contributed by atoms with Crippen molar-refractivity contribution in [2.24, 2.45) is 5.92 Å². The summed E-state index contributed by atoms with van der Waals surface area (Å²) < 4.78 is 5.27. The second-order valence-corrected chi connectivity index (χ2v) is 5.99. The molecule has 1 aliphatic heterocycles. The third-order valence-electron chi connectivity index (χ3n) is 4.53. The molecule has 0 spiro atoms. The minimum absolute atomic E-state index is 0.186. The lowest BCUT2D eigenvalue weighted by molar-refractivity contribution is -0.143. The van der Waals surface area contributed by atoms with Crippen LogP contribution in [0.25, 0.3) is 0 Å². The number of likely N-dealkylation sites (tertiary alicyclic amines) is 1. The van der Waals surface area contributed by atoms with Crippen molar-refractivity contribution in [2.75, 3.05) is 13.1 Å². The van der Waals surface area contributed by atoms with E-state index < -0.39 is 5.97 Å². The van der Waals surface area contributed by atoms with Gasteiger partial charge in [-0.1, -0.05) is 19.0 Å². The smallest absolute Gasteiger partial charge is 0.317 e. The topological polar surface area (TPSA) is 95.7 Å². The Morgan fingerprint density at radius 2 is 2.04 bits per heavy atom. The molecular formula is C16H25N3O4. The molecule has 0 aliphatic carbocycles. The number of carboxylic acid groups (broad SMARTS) is 1. The van der Waals surface area contributed by atoms with Crippen molar-refractivity contribution in [1.29, 1.82) is 0 Å². The Morgan fingerprint density at radius 3 is 2.61 bits per heavy atom. The van der Waals surface area contributed by atoms with Gasteiger partial charge in [0.15, 0.2) is 5.76 Å². The van der Waals surface area contributed by atoms with Crippen molar-refractivity contribution >= 4 is 12.0 Å². The summed E-state index contributed by atoms with van der Waals surface area (Å²) >= 11 is 0. The number of aliphatic carboxylic acids is 1.